The van der Waals surface area contributed by atoms with Crippen molar-refractivity contribution in [2.45, 2.75) is 6.61 Å². The molecule has 0 aromatic heterocycles. The molecule has 21 heavy (non-hydrogen) atoms. The van der Waals surface area contributed by atoms with Crippen LogP contribution in [0, 0.1) is 15.9 Å². The van der Waals surface area contributed by atoms with Gasteiger partial charge in [0.15, 0.2) is 5.75 Å². The lowest BCUT2D eigenvalue weighted by atomic mass is 10.1. The maximum atomic E-state index is 13.6. The average molecular weight is 291 g/mol. The SMILES string of the molecule is O=C(O)c1cc([N+](=O)[O-])c(OCc2ccccc2)cc1F. The molecule has 108 valence electrons. The number of hydrogen-bond donors (Lipinski definition) is 1. The van der Waals surface area contributed by atoms with Crippen molar-refractivity contribution >= 4 is 11.7 Å². The van der Waals surface area contributed by atoms with Crippen molar-refractivity contribution in [3.63, 3.8) is 0 Å². The van der Waals surface area contributed by atoms with Crippen molar-refractivity contribution in [1.82, 2.24) is 0 Å². The molecule has 0 aliphatic heterocycles. The number of hydrogen-bond acceptors (Lipinski definition) is 4. The number of nitro groups is 1. The van der Waals surface area contributed by atoms with E-state index in [4.69, 9.17) is 9.84 Å². The average Bonchev–Trinajstić information content (AvgIpc) is 2.45. The molecule has 0 fully saturated rings. The molecule has 0 saturated carbocycles. The van der Waals surface area contributed by atoms with E-state index in [9.17, 15) is 19.3 Å². The first-order chi connectivity index (χ1) is 9.99. The molecule has 0 radical (unpaired) electrons. The van der Waals surface area contributed by atoms with Gasteiger partial charge < -0.3 is 9.84 Å². The molecule has 0 spiro atoms. The van der Waals surface area contributed by atoms with Gasteiger partial charge in [-0.3, -0.25) is 10.1 Å². The quantitative estimate of drug-likeness (QED) is 0.675. The Balaban J connectivity index is 2.32. The van der Waals surface area contributed by atoms with Crippen molar-refractivity contribution in [2.24, 2.45) is 0 Å². The lowest BCUT2D eigenvalue weighted by Crippen LogP contribution is -2.05. The minimum atomic E-state index is -1.58. The lowest BCUT2D eigenvalue weighted by molar-refractivity contribution is -0.386. The molecule has 0 bridgehead atoms. The second-order valence-electron chi connectivity index (χ2n) is 4.14. The monoisotopic (exact) mass is 291 g/mol. The molecule has 1 N–H and O–H groups in total. The van der Waals surface area contributed by atoms with Gasteiger partial charge in [0.05, 0.1) is 4.92 Å². The van der Waals surface area contributed by atoms with Crippen LogP contribution < -0.4 is 4.74 Å². The van der Waals surface area contributed by atoms with Crippen LogP contribution in [0.25, 0.3) is 0 Å². The summed E-state index contributed by atoms with van der Waals surface area (Å²) >= 11 is 0. The number of nitro benzene ring substituents is 1. The molecular weight excluding hydrogens is 281 g/mol. The van der Waals surface area contributed by atoms with E-state index in [0.29, 0.717) is 12.1 Å². The normalized spacial score (nSPS) is 10.1. The number of benzene rings is 2. The van der Waals surface area contributed by atoms with Crippen LogP contribution in [-0.2, 0) is 6.61 Å². The maximum Gasteiger partial charge on any atom is 0.338 e. The predicted octanol–water partition coefficient (Wildman–Crippen LogP) is 3.01. The Labute approximate surface area is 118 Å². The Morgan fingerprint density at radius 3 is 2.52 bits per heavy atom. The van der Waals surface area contributed by atoms with Crippen LogP contribution in [0.1, 0.15) is 15.9 Å². The predicted molar refractivity (Wildman–Crippen MR) is 70.8 cm³/mol. The highest BCUT2D eigenvalue weighted by atomic mass is 19.1. The molecule has 2 aromatic carbocycles. The van der Waals surface area contributed by atoms with Gasteiger partial charge in [-0.05, 0) is 5.56 Å². The van der Waals surface area contributed by atoms with E-state index in [1.165, 1.54) is 0 Å². The molecule has 0 aliphatic rings. The molecule has 7 heteroatoms. The van der Waals surface area contributed by atoms with Crippen LogP contribution in [0.2, 0.25) is 0 Å². The first-order valence-corrected chi connectivity index (χ1v) is 5.87. The standard InChI is InChI=1S/C14H10FNO5/c15-11-7-13(21-8-9-4-2-1-3-5-9)12(16(19)20)6-10(11)14(17)18/h1-7H,8H2,(H,17,18). The van der Waals surface area contributed by atoms with Gasteiger partial charge in [-0.25, -0.2) is 9.18 Å². The summed E-state index contributed by atoms with van der Waals surface area (Å²) in [6.45, 7) is 0.00748. The third-order valence-electron chi connectivity index (χ3n) is 2.71. The Kier molecular flexibility index (Phi) is 4.13. The zero-order valence-electron chi connectivity index (χ0n) is 10.7. The highest BCUT2D eigenvalue weighted by Crippen LogP contribution is 2.30. The Bertz CT molecular complexity index is 687. The van der Waals surface area contributed by atoms with Crippen molar-refractivity contribution in [3.05, 3.63) is 69.5 Å². The van der Waals surface area contributed by atoms with Gasteiger partial charge in [0.1, 0.15) is 18.0 Å². The van der Waals surface area contributed by atoms with Gasteiger partial charge in [0, 0.05) is 12.1 Å². The molecule has 2 aromatic rings. The molecule has 0 heterocycles. The van der Waals surface area contributed by atoms with E-state index in [0.717, 1.165) is 5.56 Å². The van der Waals surface area contributed by atoms with Crippen LogP contribution in [0.15, 0.2) is 42.5 Å². The summed E-state index contributed by atoms with van der Waals surface area (Å²) in [5.74, 6) is -2.98. The van der Waals surface area contributed by atoms with Crippen LogP contribution in [0.3, 0.4) is 0 Å². The van der Waals surface area contributed by atoms with Crippen LogP contribution in [-0.4, -0.2) is 16.0 Å². The maximum absolute atomic E-state index is 13.6. The molecule has 6 nitrogen and oxygen atoms in total. The van der Waals surface area contributed by atoms with Crippen LogP contribution >= 0.6 is 0 Å². The molecule has 0 amide bonds. The smallest absolute Gasteiger partial charge is 0.338 e. The number of carbonyl (C=O) groups is 1. The van der Waals surface area contributed by atoms with Gasteiger partial charge in [-0.2, -0.15) is 0 Å². The first kappa shape index (κ1) is 14.4. The first-order valence-electron chi connectivity index (χ1n) is 5.87. The molecule has 0 saturated heterocycles. The van der Waals surface area contributed by atoms with Gasteiger partial charge >= 0.3 is 11.7 Å². The highest BCUT2D eigenvalue weighted by Gasteiger charge is 2.23. The van der Waals surface area contributed by atoms with Crippen molar-refractivity contribution < 1.29 is 24.0 Å². The topological polar surface area (TPSA) is 89.7 Å². The van der Waals surface area contributed by atoms with Crippen molar-refractivity contribution in [1.29, 1.82) is 0 Å². The van der Waals surface area contributed by atoms with E-state index in [1.54, 1.807) is 30.3 Å². The van der Waals surface area contributed by atoms with Crippen molar-refractivity contribution in [2.75, 3.05) is 0 Å². The number of halogens is 1. The number of ether oxygens (including phenoxy) is 1. The second kappa shape index (κ2) is 6.00. The van der Waals surface area contributed by atoms with Gasteiger partial charge in [0.2, 0.25) is 0 Å². The van der Waals surface area contributed by atoms with E-state index in [1.807, 2.05) is 0 Å². The molecule has 0 atom stereocenters. The van der Waals surface area contributed by atoms with Crippen molar-refractivity contribution in [3.8, 4) is 5.75 Å². The van der Waals surface area contributed by atoms with Gasteiger partial charge in [-0.15, -0.1) is 0 Å². The Hall–Kier alpha value is -2.96. The third-order valence-corrected chi connectivity index (χ3v) is 2.71. The fourth-order valence-electron chi connectivity index (χ4n) is 1.70. The van der Waals surface area contributed by atoms with Crippen LogP contribution in [0.4, 0.5) is 10.1 Å². The summed E-state index contributed by atoms with van der Waals surface area (Å²) in [7, 11) is 0. The number of carboxylic acids is 1. The highest BCUT2D eigenvalue weighted by molar-refractivity contribution is 5.89. The summed E-state index contributed by atoms with van der Waals surface area (Å²) < 4.78 is 18.8. The number of rotatable bonds is 5. The van der Waals surface area contributed by atoms with E-state index >= 15 is 0 Å². The Morgan fingerprint density at radius 2 is 1.95 bits per heavy atom. The summed E-state index contributed by atoms with van der Waals surface area (Å²) in [4.78, 5) is 20.9. The number of carboxylic acid groups (broad SMARTS) is 1. The lowest BCUT2D eigenvalue weighted by Gasteiger charge is -2.08. The van der Waals surface area contributed by atoms with Gasteiger partial charge in [-0.1, -0.05) is 30.3 Å². The third kappa shape index (κ3) is 3.33. The fourth-order valence-corrected chi connectivity index (χ4v) is 1.70. The van der Waals surface area contributed by atoms with E-state index in [2.05, 4.69) is 0 Å². The summed E-state index contributed by atoms with van der Waals surface area (Å²) in [6.07, 6.45) is 0. The summed E-state index contributed by atoms with van der Waals surface area (Å²) in [6, 6.07) is 10.2. The molecule has 2 rings (SSSR count). The number of aromatic carboxylic acids is 1. The summed E-state index contributed by atoms with van der Waals surface area (Å²) in [5, 5.41) is 19.7. The van der Waals surface area contributed by atoms with Crippen LogP contribution in [0.5, 0.6) is 5.75 Å². The van der Waals surface area contributed by atoms with E-state index in [-0.39, 0.29) is 12.4 Å². The fraction of sp³-hybridized carbons (Fsp3) is 0.0714. The minimum Gasteiger partial charge on any atom is -0.482 e. The number of nitrogens with zero attached hydrogens (tertiary/aromatic N) is 1. The zero-order chi connectivity index (χ0) is 15.4. The summed E-state index contributed by atoms with van der Waals surface area (Å²) in [5.41, 5.74) is -0.618. The zero-order valence-corrected chi connectivity index (χ0v) is 10.7. The minimum absolute atomic E-state index is 0.00748. The molecule has 0 aliphatic carbocycles. The molecular formula is C14H10FNO5. The second-order valence-corrected chi connectivity index (χ2v) is 4.14. The largest absolute Gasteiger partial charge is 0.482 e. The molecule has 0 unspecified atom stereocenters. The Morgan fingerprint density at radius 1 is 1.29 bits per heavy atom. The van der Waals surface area contributed by atoms with E-state index < -0.39 is 28.0 Å². The van der Waals surface area contributed by atoms with Gasteiger partial charge in [0.25, 0.3) is 0 Å².